The van der Waals surface area contributed by atoms with Crippen LogP contribution in [0.15, 0.2) is 42.5 Å². The second-order valence-corrected chi connectivity index (χ2v) is 8.12. The minimum Gasteiger partial charge on any atom is -0.338 e. The topological polar surface area (TPSA) is 62.3 Å². The van der Waals surface area contributed by atoms with Crippen molar-refractivity contribution in [3.63, 3.8) is 0 Å². The van der Waals surface area contributed by atoms with Crippen molar-refractivity contribution in [2.75, 3.05) is 11.9 Å². The van der Waals surface area contributed by atoms with Crippen LogP contribution in [0.5, 0.6) is 0 Å². The van der Waals surface area contributed by atoms with Crippen LogP contribution in [0.3, 0.4) is 0 Å². The molecule has 2 aromatic carbocycles. The van der Waals surface area contributed by atoms with Gasteiger partial charge in [0, 0.05) is 19.5 Å². The average molecular weight is 379 g/mol. The molecule has 5 nitrogen and oxygen atoms in total. The molecular formula is C21H21N3O2S. The second kappa shape index (κ2) is 7.12. The molecule has 1 aromatic heterocycles. The lowest BCUT2D eigenvalue weighted by atomic mass is 10.1. The highest BCUT2D eigenvalue weighted by molar-refractivity contribution is 7.22. The van der Waals surface area contributed by atoms with E-state index in [9.17, 15) is 9.59 Å². The Morgan fingerprint density at radius 2 is 2.00 bits per heavy atom. The van der Waals surface area contributed by atoms with Crippen molar-refractivity contribution >= 4 is 38.5 Å². The Balaban J connectivity index is 1.42. The molecule has 4 rings (SSSR count). The lowest BCUT2D eigenvalue weighted by molar-refractivity contribution is -0.128. The minimum absolute atomic E-state index is 0.0240. The lowest BCUT2D eigenvalue weighted by Crippen LogP contribution is -2.28. The van der Waals surface area contributed by atoms with E-state index in [2.05, 4.69) is 10.3 Å². The van der Waals surface area contributed by atoms with Crippen LogP contribution in [0.1, 0.15) is 23.1 Å². The van der Waals surface area contributed by atoms with Crippen molar-refractivity contribution in [1.82, 2.24) is 9.88 Å². The summed E-state index contributed by atoms with van der Waals surface area (Å²) in [5.41, 5.74) is 4.28. The zero-order valence-corrected chi connectivity index (χ0v) is 16.2. The first kappa shape index (κ1) is 17.7. The maximum absolute atomic E-state index is 12.6. The molecule has 0 saturated carbocycles. The molecule has 2 heterocycles. The number of hydrogen-bond donors (Lipinski definition) is 1. The van der Waals surface area contributed by atoms with E-state index < -0.39 is 0 Å². The van der Waals surface area contributed by atoms with Gasteiger partial charge in [-0.15, -0.1) is 0 Å². The van der Waals surface area contributed by atoms with Crippen molar-refractivity contribution in [3.05, 3.63) is 59.2 Å². The Morgan fingerprint density at radius 1 is 1.22 bits per heavy atom. The Hall–Kier alpha value is -2.73. The third-order valence-electron chi connectivity index (χ3n) is 4.93. The predicted octanol–water partition coefficient (Wildman–Crippen LogP) is 3.90. The first-order chi connectivity index (χ1) is 13.0. The van der Waals surface area contributed by atoms with Gasteiger partial charge in [0.2, 0.25) is 11.8 Å². The molecule has 138 valence electrons. The number of aryl methyl sites for hydroxylation is 2. The van der Waals surface area contributed by atoms with Gasteiger partial charge in [0.25, 0.3) is 0 Å². The van der Waals surface area contributed by atoms with Crippen LogP contribution in [-0.2, 0) is 16.1 Å². The van der Waals surface area contributed by atoms with Crippen molar-refractivity contribution in [2.24, 2.45) is 5.92 Å². The molecule has 1 aliphatic heterocycles. The molecule has 3 aromatic rings. The van der Waals surface area contributed by atoms with Crippen LogP contribution in [-0.4, -0.2) is 28.2 Å². The first-order valence-corrected chi connectivity index (χ1v) is 9.81. The van der Waals surface area contributed by atoms with E-state index in [4.69, 9.17) is 0 Å². The summed E-state index contributed by atoms with van der Waals surface area (Å²) in [6.07, 6.45) is 0.252. The van der Waals surface area contributed by atoms with Gasteiger partial charge in [-0.3, -0.25) is 9.59 Å². The quantitative estimate of drug-likeness (QED) is 0.748. The molecular weight excluding hydrogens is 358 g/mol. The molecule has 0 spiro atoms. The number of nitrogens with zero attached hydrogens (tertiary/aromatic N) is 2. The van der Waals surface area contributed by atoms with Gasteiger partial charge in [0.05, 0.1) is 16.1 Å². The molecule has 0 bridgehead atoms. The van der Waals surface area contributed by atoms with Crippen LogP contribution in [0, 0.1) is 19.8 Å². The van der Waals surface area contributed by atoms with Gasteiger partial charge < -0.3 is 10.2 Å². The molecule has 1 aliphatic rings. The molecule has 1 fully saturated rings. The molecule has 0 unspecified atom stereocenters. The standard InChI is InChI=1S/C21H21N3O2S/c1-13-6-8-15(9-7-13)11-24-12-16(10-18(24)25)20(26)23-21-22-19-14(2)4-3-5-17(19)27-21/h3-9,16H,10-12H2,1-2H3,(H,22,23,26)/t16-/m0/s1. The summed E-state index contributed by atoms with van der Waals surface area (Å²) < 4.78 is 1.05. The number of fused-ring (bicyclic) bond motifs is 1. The smallest absolute Gasteiger partial charge is 0.231 e. The number of para-hydroxylation sites is 1. The summed E-state index contributed by atoms with van der Waals surface area (Å²) in [4.78, 5) is 31.3. The van der Waals surface area contributed by atoms with E-state index in [-0.39, 0.29) is 24.2 Å². The first-order valence-electron chi connectivity index (χ1n) is 9.00. The molecule has 0 radical (unpaired) electrons. The Bertz CT molecular complexity index is 1010. The lowest BCUT2D eigenvalue weighted by Gasteiger charge is -2.16. The largest absolute Gasteiger partial charge is 0.338 e. The number of benzene rings is 2. The highest BCUT2D eigenvalue weighted by Gasteiger charge is 2.34. The van der Waals surface area contributed by atoms with Crippen molar-refractivity contribution in [3.8, 4) is 0 Å². The number of amides is 2. The van der Waals surface area contributed by atoms with Crippen LogP contribution in [0.25, 0.3) is 10.2 Å². The monoisotopic (exact) mass is 379 g/mol. The highest BCUT2D eigenvalue weighted by atomic mass is 32.1. The van der Waals surface area contributed by atoms with Gasteiger partial charge in [-0.2, -0.15) is 0 Å². The zero-order valence-electron chi connectivity index (χ0n) is 15.4. The Labute approximate surface area is 162 Å². The molecule has 0 aliphatic carbocycles. The van der Waals surface area contributed by atoms with Gasteiger partial charge in [-0.05, 0) is 31.0 Å². The molecule has 2 amide bonds. The maximum atomic E-state index is 12.6. The maximum Gasteiger partial charge on any atom is 0.231 e. The van der Waals surface area contributed by atoms with Crippen molar-refractivity contribution in [1.29, 1.82) is 0 Å². The molecule has 6 heteroatoms. The molecule has 1 N–H and O–H groups in total. The summed E-state index contributed by atoms with van der Waals surface area (Å²) >= 11 is 1.46. The number of anilines is 1. The summed E-state index contributed by atoms with van der Waals surface area (Å²) in [5.74, 6) is -0.446. The average Bonchev–Trinajstić information content (AvgIpc) is 3.21. The Kier molecular flexibility index (Phi) is 4.66. The summed E-state index contributed by atoms with van der Waals surface area (Å²) in [6.45, 7) is 5.03. The Morgan fingerprint density at radius 3 is 2.74 bits per heavy atom. The summed E-state index contributed by atoms with van der Waals surface area (Å²) in [6, 6.07) is 14.1. The fourth-order valence-electron chi connectivity index (χ4n) is 3.36. The van der Waals surface area contributed by atoms with E-state index in [0.717, 1.165) is 21.3 Å². The number of thiazole rings is 1. The number of aromatic nitrogens is 1. The van der Waals surface area contributed by atoms with E-state index in [1.807, 2.05) is 56.3 Å². The zero-order chi connectivity index (χ0) is 19.0. The summed E-state index contributed by atoms with van der Waals surface area (Å²) in [5, 5.41) is 3.49. The van der Waals surface area contributed by atoms with Crippen LogP contribution in [0.4, 0.5) is 5.13 Å². The van der Waals surface area contributed by atoms with Crippen molar-refractivity contribution in [2.45, 2.75) is 26.8 Å². The normalized spacial score (nSPS) is 16.9. The van der Waals surface area contributed by atoms with E-state index in [1.165, 1.54) is 16.9 Å². The summed E-state index contributed by atoms with van der Waals surface area (Å²) in [7, 11) is 0. The molecule has 27 heavy (non-hydrogen) atoms. The minimum atomic E-state index is -0.337. The highest BCUT2D eigenvalue weighted by Crippen LogP contribution is 2.29. The van der Waals surface area contributed by atoms with E-state index >= 15 is 0 Å². The van der Waals surface area contributed by atoms with Crippen LogP contribution >= 0.6 is 11.3 Å². The van der Waals surface area contributed by atoms with E-state index in [0.29, 0.717) is 18.2 Å². The van der Waals surface area contributed by atoms with Gasteiger partial charge in [0.15, 0.2) is 5.13 Å². The van der Waals surface area contributed by atoms with Gasteiger partial charge in [-0.1, -0.05) is 53.3 Å². The third-order valence-corrected chi connectivity index (χ3v) is 5.87. The third kappa shape index (κ3) is 3.71. The number of likely N-dealkylation sites (tertiary alicyclic amines) is 1. The molecule has 1 saturated heterocycles. The number of carbonyl (C=O) groups is 2. The number of rotatable bonds is 4. The van der Waals surface area contributed by atoms with Gasteiger partial charge >= 0.3 is 0 Å². The van der Waals surface area contributed by atoms with Gasteiger partial charge in [0.1, 0.15) is 0 Å². The SMILES string of the molecule is Cc1ccc(CN2C[C@@H](C(=O)Nc3nc4c(C)cccc4s3)CC2=O)cc1. The fraction of sp³-hybridized carbons (Fsp3) is 0.286. The number of nitrogens with one attached hydrogen (secondary N) is 1. The van der Waals surface area contributed by atoms with Crippen molar-refractivity contribution < 1.29 is 9.59 Å². The van der Waals surface area contributed by atoms with E-state index in [1.54, 1.807) is 4.90 Å². The van der Waals surface area contributed by atoms with Gasteiger partial charge in [-0.25, -0.2) is 4.98 Å². The number of carbonyl (C=O) groups excluding carboxylic acids is 2. The number of hydrogen-bond acceptors (Lipinski definition) is 4. The van der Waals surface area contributed by atoms with Crippen LogP contribution in [0.2, 0.25) is 0 Å². The fourth-order valence-corrected chi connectivity index (χ4v) is 4.31. The predicted molar refractivity (Wildman–Crippen MR) is 108 cm³/mol. The van der Waals surface area contributed by atoms with Crippen LogP contribution < -0.4 is 5.32 Å². The molecule has 1 atom stereocenters. The second-order valence-electron chi connectivity index (χ2n) is 7.09.